The van der Waals surface area contributed by atoms with Gasteiger partial charge in [-0.15, -0.1) is 11.3 Å². The molecule has 7 nitrogen and oxygen atoms in total. The van der Waals surface area contributed by atoms with Crippen molar-refractivity contribution in [2.45, 2.75) is 26.1 Å². The fourth-order valence-corrected chi connectivity index (χ4v) is 4.54. The largest absolute Gasteiger partial charge is 0.459 e. The van der Waals surface area contributed by atoms with Crippen LogP contribution in [0.3, 0.4) is 0 Å². The molecule has 0 spiro atoms. The summed E-state index contributed by atoms with van der Waals surface area (Å²) in [5.74, 6) is 0.289. The lowest BCUT2D eigenvalue weighted by molar-refractivity contribution is -0.0956. The molecule has 0 bridgehead atoms. The average Bonchev–Trinajstić information content (AvgIpc) is 3.43. The van der Waals surface area contributed by atoms with Crippen LogP contribution in [0.15, 0.2) is 28.9 Å². The van der Waals surface area contributed by atoms with Crippen molar-refractivity contribution in [3.05, 3.63) is 40.7 Å². The van der Waals surface area contributed by atoms with Crippen molar-refractivity contribution < 1.29 is 23.5 Å². The number of aryl methyl sites for hydroxylation is 1. The summed E-state index contributed by atoms with van der Waals surface area (Å²) in [4.78, 5) is 27.6. The predicted octanol–water partition coefficient (Wildman–Crippen LogP) is 3.13. The van der Waals surface area contributed by atoms with Gasteiger partial charge in [0.1, 0.15) is 0 Å². The molecule has 144 valence electrons. The zero-order valence-electron chi connectivity index (χ0n) is 15.1. The Hall–Kier alpha value is -2.16. The highest BCUT2D eigenvalue weighted by Gasteiger charge is 2.32. The highest BCUT2D eigenvalue weighted by molar-refractivity contribution is 7.18. The lowest BCUT2D eigenvalue weighted by atomic mass is 9.96. The maximum absolute atomic E-state index is 12.9. The average molecular weight is 390 g/mol. The van der Waals surface area contributed by atoms with Crippen LogP contribution < -0.4 is 5.32 Å². The van der Waals surface area contributed by atoms with Gasteiger partial charge in [-0.1, -0.05) is 0 Å². The van der Waals surface area contributed by atoms with Crippen molar-refractivity contribution in [3.8, 4) is 0 Å². The minimum Gasteiger partial charge on any atom is -0.459 e. The summed E-state index contributed by atoms with van der Waals surface area (Å²) in [5.41, 5.74) is 0.865. The molecule has 0 unspecified atom stereocenters. The van der Waals surface area contributed by atoms with Crippen molar-refractivity contribution in [2.24, 2.45) is 5.92 Å². The number of anilines is 1. The van der Waals surface area contributed by atoms with Crippen LogP contribution in [0, 0.1) is 12.8 Å². The number of likely N-dealkylation sites (tertiary alicyclic amines) is 1. The van der Waals surface area contributed by atoms with Crippen LogP contribution in [0.25, 0.3) is 0 Å². The molecule has 0 radical (unpaired) electrons. The Morgan fingerprint density at radius 1 is 1.22 bits per heavy atom. The number of hydrogen-bond donors (Lipinski definition) is 1. The Bertz CT molecular complexity index is 802. The molecule has 2 saturated heterocycles. The first-order chi connectivity index (χ1) is 13.1. The van der Waals surface area contributed by atoms with Gasteiger partial charge in [0, 0.05) is 19.0 Å². The second-order valence-electron chi connectivity index (χ2n) is 6.79. The molecule has 4 heterocycles. The number of furan rings is 1. The van der Waals surface area contributed by atoms with Crippen LogP contribution in [0.1, 0.15) is 38.6 Å². The third-order valence-corrected chi connectivity index (χ3v) is 6.09. The maximum atomic E-state index is 12.9. The number of hydrogen-bond acceptors (Lipinski definition) is 6. The summed E-state index contributed by atoms with van der Waals surface area (Å²) in [5, 5.41) is 3.43. The van der Waals surface area contributed by atoms with Gasteiger partial charge in [0.2, 0.25) is 0 Å². The van der Waals surface area contributed by atoms with E-state index in [0.717, 1.165) is 18.4 Å². The van der Waals surface area contributed by atoms with Gasteiger partial charge in [-0.25, -0.2) is 0 Å². The summed E-state index contributed by atoms with van der Waals surface area (Å²) in [6.07, 6.45) is 3.09. The Kier molecular flexibility index (Phi) is 5.29. The Balaban J connectivity index is 1.37. The van der Waals surface area contributed by atoms with E-state index in [4.69, 9.17) is 13.9 Å². The molecule has 0 aromatic carbocycles. The lowest BCUT2D eigenvalue weighted by Crippen LogP contribution is -2.41. The molecule has 8 heteroatoms. The van der Waals surface area contributed by atoms with E-state index < -0.39 is 0 Å². The molecular weight excluding hydrogens is 368 g/mol. The van der Waals surface area contributed by atoms with Crippen LogP contribution in [0.2, 0.25) is 0 Å². The number of thiophene rings is 1. The fraction of sp³-hybridized carbons (Fsp3) is 0.474. The van der Waals surface area contributed by atoms with E-state index in [1.54, 1.807) is 12.1 Å². The Morgan fingerprint density at radius 2 is 1.96 bits per heavy atom. The topological polar surface area (TPSA) is 81.0 Å². The molecule has 2 aliphatic rings. The monoisotopic (exact) mass is 390 g/mol. The number of carbonyl (C=O) groups is 2. The highest BCUT2D eigenvalue weighted by Crippen LogP contribution is 2.31. The molecule has 2 aromatic rings. The molecule has 2 fully saturated rings. The summed E-state index contributed by atoms with van der Waals surface area (Å²) in [6.45, 7) is 4.59. The van der Waals surface area contributed by atoms with Crippen molar-refractivity contribution in [1.29, 1.82) is 0 Å². The van der Waals surface area contributed by atoms with E-state index in [1.807, 2.05) is 17.9 Å². The van der Waals surface area contributed by atoms with Gasteiger partial charge in [-0.3, -0.25) is 9.59 Å². The second-order valence-corrected chi connectivity index (χ2v) is 7.85. The zero-order chi connectivity index (χ0) is 18.8. The molecule has 27 heavy (non-hydrogen) atoms. The van der Waals surface area contributed by atoms with Crippen molar-refractivity contribution in [3.63, 3.8) is 0 Å². The summed E-state index contributed by atoms with van der Waals surface area (Å²) in [6, 6.07) is 5.09. The van der Waals surface area contributed by atoms with Crippen molar-refractivity contribution in [1.82, 2.24) is 4.90 Å². The summed E-state index contributed by atoms with van der Waals surface area (Å²) >= 11 is 1.30. The molecular formula is C19H22N2O5S. The fourth-order valence-electron chi connectivity index (χ4n) is 3.50. The van der Waals surface area contributed by atoms with Gasteiger partial charge in [-0.05, 0) is 43.5 Å². The Labute approximate surface area is 161 Å². The smallest absolute Gasteiger partial charge is 0.291 e. The van der Waals surface area contributed by atoms with Crippen LogP contribution in [0.4, 0.5) is 5.00 Å². The van der Waals surface area contributed by atoms with Gasteiger partial charge in [0.15, 0.2) is 12.1 Å². The van der Waals surface area contributed by atoms with E-state index in [0.29, 0.717) is 42.1 Å². The molecule has 4 rings (SSSR count). The first-order valence-corrected chi connectivity index (χ1v) is 9.91. The number of nitrogens with one attached hydrogen (secondary N) is 1. The normalized spacial score (nSPS) is 18.8. The van der Waals surface area contributed by atoms with Crippen LogP contribution in [0.5, 0.6) is 0 Å². The van der Waals surface area contributed by atoms with Crippen LogP contribution in [-0.4, -0.2) is 49.3 Å². The molecule has 0 aliphatic carbocycles. The summed E-state index contributed by atoms with van der Waals surface area (Å²) in [7, 11) is 0. The third kappa shape index (κ3) is 3.92. The number of ether oxygens (including phenoxy) is 2. The number of amides is 2. The minimum absolute atomic E-state index is 0.0164. The van der Waals surface area contributed by atoms with Gasteiger partial charge < -0.3 is 24.1 Å². The van der Waals surface area contributed by atoms with E-state index in [1.165, 1.54) is 17.6 Å². The van der Waals surface area contributed by atoms with Gasteiger partial charge >= 0.3 is 0 Å². The van der Waals surface area contributed by atoms with E-state index in [2.05, 4.69) is 5.32 Å². The minimum atomic E-state index is -0.322. The van der Waals surface area contributed by atoms with Gasteiger partial charge in [0.05, 0.1) is 29.4 Å². The van der Waals surface area contributed by atoms with E-state index >= 15 is 0 Å². The molecule has 2 aliphatic heterocycles. The SMILES string of the molecule is Cc1cc(NC(=O)c2ccco2)sc1C(=O)N1CCC(C2OCCO2)CC1. The first-order valence-electron chi connectivity index (χ1n) is 9.09. The van der Waals surface area contributed by atoms with Gasteiger partial charge in [-0.2, -0.15) is 0 Å². The number of rotatable bonds is 4. The molecule has 2 aromatic heterocycles. The molecule has 2 amide bonds. The third-order valence-electron chi connectivity index (χ3n) is 4.95. The first kappa shape index (κ1) is 18.2. The Morgan fingerprint density at radius 3 is 2.63 bits per heavy atom. The predicted molar refractivity (Wildman–Crippen MR) is 100 cm³/mol. The maximum Gasteiger partial charge on any atom is 0.291 e. The van der Waals surface area contributed by atoms with Crippen molar-refractivity contribution >= 4 is 28.2 Å². The van der Waals surface area contributed by atoms with Crippen LogP contribution >= 0.6 is 11.3 Å². The standard InChI is InChI=1S/C19H22N2O5S/c1-12-11-15(20-17(22)14-3-2-8-24-14)27-16(12)18(23)21-6-4-13(5-7-21)19-25-9-10-26-19/h2-3,8,11,13,19H,4-7,9-10H2,1H3,(H,20,22). The second kappa shape index (κ2) is 7.84. The van der Waals surface area contributed by atoms with E-state index in [9.17, 15) is 9.59 Å². The lowest BCUT2D eigenvalue weighted by Gasteiger charge is -2.33. The summed E-state index contributed by atoms with van der Waals surface area (Å²) < 4.78 is 16.3. The van der Waals surface area contributed by atoms with E-state index in [-0.39, 0.29) is 23.9 Å². The number of carbonyl (C=O) groups excluding carboxylic acids is 2. The quantitative estimate of drug-likeness (QED) is 0.867. The van der Waals surface area contributed by atoms with Gasteiger partial charge in [0.25, 0.3) is 11.8 Å². The molecule has 0 atom stereocenters. The molecule has 1 N–H and O–H groups in total. The zero-order valence-corrected chi connectivity index (χ0v) is 15.9. The van der Waals surface area contributed by atoms with Crippen molar-refractivity contribution in [2.75, 3.05) is 31.6 Å². The highest BCUT2D eigenvalue weighted by atomic mass is 32.1. The number of nitrogens with zero attached hydrogens (tertiary/aromatic N) is 1. The van der Waals surface area contributed by atoms with Crippen LogP contribution in [-0.2, 0) is 9.47 Å². The molecule has 0 saturated carbocycles. The number of piperidine rings is 1.